The molecule has 0 bridgehead atoms. The first-order valence-corrected chi connectivity index (χ1v) is 2.68. The molecule has 0 aromatic rings. The van der Waals surface area contributed by atoms with E-state index in [-0.39, 0.29) is 38.5 Å². The average molecular weight is 201 g/mol. The van der Waals surface area contributed by atoms with Gasteiger partial charge in [-0.3, -0.25) is 4.39 Å². The Labute approximate surface area is 69.0 Å². The Hall–Kier alpha value is 1.14. The van der Waals surface area contributed by atoms with Gasteiger partial charge in [0, 0.05) is 32.7 Å². The van der Waals surface area contributed by atoms with Gasteiger partial charge in [-0.15, -0.1) is 0 Å². The summed E-state index contributed by atoms with van der Waals surface area (Å²) in [5.74, 6) is -0.264. The Morgan fingerprint density at radius 3 is 2.14 bits per heavy atom. The Balaban J connectivity index is 0. The zero-order valence-corrected chi connectivity index (χ0v) is 7.29. The molecule has 0 rings (SSSR count). The first-order valence-electron chi connectivity index (χ1n) is 1.41. The molecule has 0 saturated carbocycles. The number of halogens is 1. The van der Waals surface area contributed by atoms with Gasteiger partial charge in [0.25, 0.3) is 0 Å². The molecule has 5 heteroatoms. The summed E-state index contributed by atoms with van der Waals surface area (Å²) in [6, 6.07) is 0. The Morgan fingerprint density at radius 2 is 2.14 bits per heavy atom. The van der Waals surface area contributed by atoms with E-state index < -0.39 is 17.8 Å². The minimum atomic E-state index is -1.94. The van der Waals surface area contributed by atoms with Crippen LogP contribution in [0.4, 0.5) is 4.39 Å². The van der Waals surface area contributed by atoms with Crippen molar-refractivity contribution in [2.75, 3.05) is 12.4 Å². The predicted molar refractivity (Wildman–Crippen MR) is 21.6 cm³/mol. The third kappa shape index (κ3) is 11.0. The Bertz CT molecular complexity index is 59.7. The van der Waals surface area contributed by atoms with Gasteiger partial charge in [0.15, 0.2) is 11.1 Å². The third-order valence-corrected chi connectivity index (χ3v) is 0.755. The molecule has 0 amide bonds. The van der Waals surface area contributed by atoms with Crippen LogP contribution >= 0.6 is 0 Å². The SMILES string of the molecule is O=S(O)CCF.[Y]. The predicted octanol–water partition coefficient (Wildman–Crippen LogP) is 0.175. The van der Waals surface area contributed by atoms with Crippen molar-refractivity contribution in [2.24, 2.45) is 0 Å². The van der Waals surface area contributed by atoms with Crippen molar-refractivity contribution in [1.82, 2.24) is 0 Å². The van der Waals surface area contributed by atoms with Crippen molar-refractivity contribution in [3.8, 4) is 0 Å². The second-order valence-electron chi connectivity index (χ2n) is 0.715. The van der Waals surface area contributed by atoms with E-state index in [1.54, 1.807) is 0 Å². The topological polar surface area (TPSA) is 37.3 Å². The van der Waals surface area contributed by atoms with Crippen LogP contribution in [0.3, 0.4) is 0 Å². The van der Waals surface area contributed by atoms with Gasteiger partial charge in [0.2, 0.25) is 0 Å². The zero-order chi connectivity index (χ0) is 4.99. The summed E-state index contributed by atoms with van der Waals surface area (Å²) in [6.07, 6.45) is 0. The minimum Gasteiger partial charge on any atom is -0.306 e. The molecule has 0 fully saturated rings. The van der Waals surface area contributed by atoms with Gasteiger partial charge >= 0.3 is 0 Å². The molecule has 1 atom stereocenters. The summed E-state index contributed by atoms with van der Waals surface area (Å²) in [4.78, 5) is 0. The quantitative estimate of drug-likeness (QED) is 0.647. The maximum Gasteiger partial charge on any atom is 0.155 e. The van der Waals surface area contributed by atoms with E-state index in [0.29, 0.717) is 0 Å². The van der Waals surface area contributed by atoms with Gasteiger partial charge in [-0.1, -0.05) is 0 Å². The maximum atomic E-state index is 10.9. The van der Waals surface area contributed by atoms with Crippen molar-refractivity contribution in [2.45, 2.75) is 0 Å². The first kappa shape index (κ1) is 11.0. The van der Waals surface area contributed by atoms with Crippen LogP contribution in [0.1, 0.15) is 0 Å². The Kier molecular flexibility index (Phi) is 11.2. The zero-order valence-electron chi connectivity index (χ0n) is 3.63. The normalized spacial score (nSPS) is 12.3. The standard InChI is InChI=1S/C2H5FO2S.Y/c3-1-2-6(4)5;/h1-2H2,(H,4,5);. The van der Waals surface area contributed by atoms with Crippen LogP contribution in [0.2, 0.25) is 0 Å². The summed E-state index contributed by atoms with van der Waals surface area (Å²) >= 11 is -1.94. The largest absolute Gasteiger partial charge is 0.306 e. The van der Waals surface area contributed by atoms with E-state index in [2.05, 4.69) is 0 Å². The van der Waals surface area contributed by atoms with Crippen molar-refractivity contribution in [3.63, 3.8) is 0 Å². The fourth-order valence-corrected chi connectivity index (χ4v) is 0.198. The number of alkyl halides is 1. The van der Waals surface area contributed by atoms with Gasteiger partial charge in [0.1, 0.15) is 6.67 Å². The molecule has 1 N–H and O–H groups in total. The van der Waals surface area contributed by atoms with E-state index in [4.69, 9.17) is 4.55 Å². The molecule has 0 aromatic heterocycles. The van der Waals surface area contributed by atoms with Crippen LogP contribution in [-0.4, -0.2) is 21.2 Å². The number of hydrogen-bond acceptors (Lipinski definition) is 1. The van der Waals surface area contributed by atoms with Crippen LogP contribution in [-0.2, 0) is 43.8 Å². The second-order valence-corrected chi connectivity index (χ2v) is 1.77. The molecule has 0 aromatic carbocycles. The van der Waals surface area contributed by atoms with E-state index in [9.17, 15) is 8.60 Å². The van der Waals surface area contributed by atoms with E-state index in [1.807, 2.05) is 0 Å². The van der Waals surface area contributed by atoms with Crippen LogP contribution in [0.15, 0.2) is 0 Å². The fraction of sp³-hybridized carbons (Fsp3) is 1.00. The molecule has 0 heterocycles. The molecule has 0 aliphatic rings. The summed E-state index contributed by atoms with van der Waals surface area (Å²) in [7, 11) is 0. The van der Waals surface area contributed by atoms with Crippen LogP contribution in [0.25, 0.3) is 0 Å². The summed E-state index contributed by atoms with van der Waals surface area (Å²) < 4.78 is 28.1. The molecular weight excluding hydrogens is 196 g/mol. The van der Waals surface area contributed by atoms with E-state index in [0.717, 1.165) is 0 Å². The number of rotatable bonds is 2. The summed E-state index contributed by atoms with van der Waals surface area (Å²) in [6.45, 7) is -0.719. The van der Waals surface area contributed by atoms with Crippen molar-refractivity contribution >= 4 is 11.1 Å². The van der Waals surface area contributed by atoms with Crippen molar-refractivity contribution < 1.29 is 45.9 Å². The molecule has 0 spiro atoms. The van der Waals surface area contributed by atoms with Crippen molar-refractivity contribution in [1.29, 1.82) is 0 Å². The molecular formula is C2H5FO2SY. The summed E-state index contributed by atoms with van der Waals surface area (Å²) in [5.41, 5.74) is 0. The molecule has 2 nitrogen and oxygen atoms in total. The molecule has 0 aliphatic carbocycles. The van der Waals surface area contributed by atoms with Gasteiger partial charge < -0.3 is 4.55 Å². The van der Waals surface area contributed by atoms with Gasteiger partial charge in [-0.2, -0.15) is 0 Å². The van der Waals surface area contributed by atoms with Gasteiger partial charge in [-0.25, -0.2) is 4.21 Å². The fourth-order valence-electron chi connectivity index (χ4n) is 0.0660. The molecule has 0 saturated heterocycles. The molecule has 7 heavy (non-hydrogen) atoms. The molecule has 1 radical (unpaired) electrons. The van der Waals surface area contributed by atoms with Gasteiger partial charge in [-0.05, 0) is 0 Å². The minimum absolute atomic E-state index is 0. The number of hydrogen-bond donors (Lipinski definition) is 1. The third-order valence-electron chi connectivity index (χ3n) is 0.252. The molecule has 41 valence electrons. The van der Waals surface area contributed by atoms with Gasteiger partial charge in [0.05, 0.1) is 5.75 Å². The van der Waals surface area contributed by atoms with Crippen LogP contribution in [0.5, 0.6) is 0 Å². The van der Waals surface area contributed by atoms with Crippen molar-refractivity contribution in [3.05, 3.63) is 0 Å². The maximum absolute atomic E-state index is 10.9. The van der Waals surface area contributed by atoms with Crippen LogP contribution < -0.4 is 0 Å². The second kappa shape index (κ2) is 7.14. The summed E-state index contributed by atoms with van der Waals surface area (Å²) in [5, 5.41) is 0. The Morgan fingerprint density at radius 1 is 1.71 bits per heavy atom. The molecule has 0 aliphatic heterocycles. The average Bonchev–Trinajstić information content (AvgIpc) is 1.35. The smallest absolute Gasteiger partial charge is 0.155 e. The first-order chi connectivity index (χ1) is 2.77. The van der Waals surface area contributed by atoms with E-state index >= 15 is 0 Å². The van der Waals surface area contributed by atoms with Crippen LogP contribution in [0, 0.1) is 0 Å². The monoisotopic (exact) mass is 201 g/mol. The van der Waals surface area contributed by atoms with E-state index in [1.165, 1.54) is 0 Å². The molecule has 1 unspecified atom stereocenters.